The van der Waals surface area contributed by atoms with Gasteiger partial charge >= 0.3 is 0 Å². The minimum atomic E-state index is 0.628. The normalized spacial score (nSPS) is 11.0. The van der Waals surface area contributed by atoms with Crippen molar-refractivity contribution in [3.05, 3.63) is 23.0 Å². The van der Waals surface area contributed by atoms with E-state index in [1.165, 1.54) is 11.5 Å². The van der Waals surface area contributed by atoms with Gasteiger partial charge in [0.1, 0.15) is 0 Å². The molecule has 0 aliphatic heterocycles. The van der Waals surface area contributed by atoms with Crippen LogP contribution in [0, 0.1) is 0 Å². The maximum absolute atomic E-state index is 4.09. The molecule has 0 fully saturated rings. The average Bonchev–Trinajstić information content (AvgIpc) is 2.74. The SMILES string of the molecule is C(=Cc1nnn[nH]1)c1ccsn1. The first-order valence-corrected chi connectivity index (χ1v) is 4.11. The first kappa shape index (κ1) is 7.11. The first-order chi connectivity index (χ1) is 5.95. The number of nitrogens with zero attached hydrogens (tertiary/aromatic N) is 4. The van der Waals surface area contributed by atoms with Crippen molar-refractivity contribution >= 4 is 23.7 Å². The lowest BCUT2D eigenvalue weighted by atomic mass is 10.4. The van der Waals surface area contributed by atoms with Gasteiger partial charge in [0.25, 0.3) is 0 Å². The summed E-state index contributed by atoms with van der Waals surface area (Å²) in [4.78, 5) is 0. The van der Waals surface area contributed by atoms with E-state index in [1.807, 2.05) is 17.5 Å². The fourth-order valence-corrected chi connectivity index (χ4v) is 1.21. The van der Waals surface area contributed by atoms with E-state index >= 15 is 0 Å². The predicted molar refractivity (Wildman–Crippen MR) is 45.2 cm³/mol. The maximum atomic E-state index is 4.09. The van der Waals surface area contributed by atoms with Crippen molar-refractivity contribution in [1.82, 2.24) is 25.0 Å². The molecule has 0 saturated carbocycles. The van der Waals surface area contributed by atoms with Gasteiger partial charge in [0.15, 0.2) is 5.82 Å². The van der Waals surface area contributed by atoms with Crippen LogP contribution in [0.2, 0.25) is 0 Å². The van der Waals surface area contributed by atoms with Gasteiger partial charge in [-0.25, -0.2) is 5.10 Å². The number of H-pyrrole nitrogens is 1. The highest BCUT2D eigenvalue weighted by Gasteiger charge is 1.90. The summed E-state index contributed by atoms with van der Waals surface area (Å²) in [6, 6.07) is 1.92. The van der Waals surface area contributed by atoms with E-state index in [1.54, 1.807) is 6.08 Å². The molecule has 0 atom stereocenters. The number of nitrogens with one attached hydrogen (secondary N) is 1. The molecule has 6 heteroatoms. The number of tetrazole rings is 1. The Hall–Kier alpha value is -1.56. The molecule has 5 nitrogen and oxygen atoms in total. The molecule has 12 heavy (non-hydrogen) atoms. The Labute approximate surface area is 72.3 Å². The number of rotatable bonds is 2. The number of aromatic amines is 1. The van der Waals surface area contributed by atoms with Gasteiger partial charge in [-0.2, -0.15) is 4.37 Å². The van der Waals surface area contributed by atoms with Crippen LogP contribution in [0.1, 0.15) is 11.5 Å². The number of hydrogen-bond acceptors (Lipinski definition) is 5. The van der Waals surface area contributed by atoms with Crippen LogP contribution in [0.3, 0.4) is 0 Å². The van der Waals surface area contributed by atoms with Gasteiger partial charge in [-0.1, -0.05) is 0 Å². The third kappa shape index (κ3) is 1.54. The van der Waals surface area contributed by atoms with Crippen LogP contribution >= 0.6 is 11.5 Å². The largest absolute Gasteiger partial charge is 0.239 e. The van der Waals surface area contributed by atoms with Crippen molar-refractivity contribution in [1.29, 1.82) is 0 Å². The zero-order valence-electron chi connectivity index (χ0n) is 6.01. The first-order valence-electron chi connectivity index (χ1n) is 3.27. The molecular weight excluding hydrogens is 174 g/mol. The molecule has 2 heterocycles. The minimum absolute atomic E-state index is 0.628. The van der Waals surface area contributed by atoms with Crippen LogP contribution in [0.15, 0.2) is 11.4 Å². The molecule has 0 spiro atoms. The van der Waals surface area contributed by atoms with Gasteiger partial charge in [-0.05, 0) is 40.2 Å². The Kier molecular flexibility index (Phi) is 1.91. The average molecular weight is 179 g/mol. The van der Waals surface area contributed by atoms with E-state index in [4.69, 9.17) is 0 Å². The summed E-state index contributed by atoms with van der Waals surface area (Å²) in [5.41, 5.74) is 0.913. The van der Waals surface area contributed by atoms with Crippen molar-refractivity contribution in [2.75, 3.05) is 0 Å². The van der Waals surface area contributed by atoms with Crippen LogP contribution in [0.5, 0.6) is 0 Å². The highest BCUT2D eigenvalue weighted by Crippen LogP contribution is 2.03. The number of hydrogen-bond donors (Lipinski definition) is 1. The Morgan fingerprint density at radius 2 is 2.42 bits per heavy atom. The van der Waals surface area contributed by atoms with Crippen LogP contribution in [0.25, 0.3) is 12.2 Å². The van der Waals surface area contributed by atoms with E-state index in [-0.39, 0.29) is 0 Å². The molecule has 2 aromatic heterocycles. The van der Waals surface area contributed by atoms with Crippen molar-refractivity contribution in [3.8, 4) is 0 Å². The Morgan fingerprint density at radius 3 is 3.08 bits per heavy atom. The lowest BCUT2D eigenvalue weighted by molar-refractivity contribution is 0.881. The minimum Gasteiger partial charge on any atom is -0.239 e. The molecule has 0 unspecified atom stereocenters. The highest BCUT2D eigenvalue weighted by molar-refractivity contribution is 7.03. The molecule has 0 radical (unpaired) electrons. The Bertz CT molecular complexity index is 313. The van der Waals surface area contributed by atoms with Crippen LogP contribution in [-0.4, -0.2) is 25.0 Å². The summed E-state index contributed by atoms with van der Waals surface area (Å²) in [6.45, 7) is 0. The Morgan fingerprint density at radius 1 is 1.42 bits per heavy atom. The molecule has 1 N–H and O–H groups in total. The van der Waals surface area contributed by atoms with Gasteiger partial charge < -0.3 is 0 Å². The lowest BCUT2D eigenvalue weighted by Crippen LogP contribution is -1.74. The topological polar surface area (TPSA) is 67.3 Å². The summed E-state index contributed by atoms with van der Waals surface area (Å²) in [7, 11) is 0. The lowest BCUT2D eigenvalue weighted by Gasteiger charge is -1.79. The van der Waals surface area contributed by atoms with Crippen molar-refractivity contribution in [2.24, 2.45) is 0 Å². The predicted octanol–water partition coefficient (Wildman–Crippen LogP) is 0.827. The van der Waals surface area contributed by atoms with E-state index in [9.17, 15) is 0 Å². The highest BCUT2D eigenvalue weighted by atomic mass is 32.1. The van der Waals surface area contributed by atoms with Gasteiger partial charge in [-0.3, -0.25) is 0 Å². The van der Waals surface area contributed by atoms with Gasteiger partial charge in [-0.15, -0.1) is 5.10 Å². The van der Waals surface area contributed by atoms with Crippen LogP contribution in [-0.2, 0) is 0 Å². The van der Waals surface area contributed by atoms with Crippen LogP contribution < -0.4 is 0 Å². The van der Waals surface area contributed by atoms with Gasteiger partial charge in [0.2, 0.25) is 0 Å². The molecule has 0 saturated heterocycles. The van der Waals surface area contributed by atoms with Crippen molar-refractivity contribution in [3.63, 3.8) is 0 Å². The van der Waals surface area contributed by atoms with Crippen molar-refractivity contribution in [2.45, 2.75) is 0 Å². The van der Waals surface area contributed by atoms with Crippen LogP contribution in [0.4, 0.5) is 0 Å². The molecular formula is C6H5N5S. The summed E-state index contributed by atoms with van der Waals surface area (Å²) < 4.78 is 4.09. The molecule has 60 valence electrons. The van der Waals surface area contributed by atoms with Crippen molar-refractivity contribution < 1.29 is 0 Å². The summed E-state index contributed by atoms with van der Waals surface area (Å²) >= 11 is 1.41. The third-order valence-electron chi connectivity index (χ3n) is 1.23. The standard InChI is InChI=1S/C6H5N5S/c1(5-3-4-12-9-5)2-6-7-10-11-8-6/h1-4H,(H,7,8,10,11). The van der Waals surface area contributed by atoms with E-state index < -0.39 is 0 Å². The molecule has 2 rings (SSSR count). The molecule has 0 aromatic carbocycles. The second-order valence-corrected chi connectivity index (χ2v) is 2.71. The fraction of sp³-hybridized carbons (Fsp3) is 0. The molecule has 0 aliphatic rings. The number of aromatic nitrogens is 5. The maximum Gasteiger partial charge on any atom is 0.172 e. The quantitative estimate of drug-likeness (QED) is 0.741. The summed E-state index contributed by atoms with van der Waals surface area (Å²) in [6.07, 6.45) is 3.62. The van der Waals surface area contributed by atoms with E-state index in [0.29, 0.717) is 5.82 Å². The summed E-state index contributed by atoms with van der Waals surface area (Å²) in [5, 5.41) is 15.1. The van der Waals surface area contributed by atoms with Gasteiger partial charge in [0, 0.05) is 5.38 Å². The van der Waals surface area contributed by atoms with E-state index in [0.717, 1.165) is 5.69 Å². The van der Waals surface area contributed by atoms with E-state index in [2.05, 4.69) is 25.0 Å². The second-order valence-electron chi connectivity index (χ2n) is 2.04. The molecule has 2 aromatic rings. The van der Waals surface area contributed by atoms with Gasteiger partial charge in [0.05, 0.1) is 5.69 Å². The smallest absolute Gasteiger partial charge is 0.172 e. The monoisotopic (exact) mass is 179 g/mol. The summed E-state index contributed by atoms with van der Waals surface area (Å²) in [5.74, 6) is 0.628. The molecule has 0 amide bonds. The zero-order valence-corrected chi connectivity index (χ0v) is 6.82. The third-order valence-corrected chi connectivity index (χ3v) is 1.81. The fourth-order valence-electron chi connectivity index (χ4n) is 0.709. The molecule has 0 aliphatic carbocycles. The Balaban J connectivity index is 2.14. The second kappa shape index (κ2) is 3.22. The zero-order chi connectivity index (χ0) is 8.23. The molecule has 0 bridgehead atoms.